The molecule has 1 N–H and O–H groups in total. The Morgan fingerprint density at radius 3 is 2.54 bits per heavy atom. The van der Waals surface area contributed by atoms with E-state index in [1.54, 1.807) is 26.8 Å². The summed E-state index contributed by atoms with van der Waals surface area (Å²) in [7, 11) is 0. The van der Waals surface area contributed by atoms with E-state index in [2.05, 4.69) is 10.2 Å². The van der Waals surface area contributed by atoms with Gasteiger partial charge < -0.3 is 15.0 Å². The van der Waals surface area contributed by atoms with Crippen LogP contribution < -0.4 is 10.2 Å². The fourth-order valence-electron chi connectivity index (χ4n) is 2.75. The van der Waals surface area contributed by atoms with E-state index in [1.807, 2.05) is 0 Å². The molecule has 0 radical (unpaired) electrons. The first-order valence-electron chi connectivity index (χ1n) is 8.25. The van der Waals surface area contributed by atoms with Gasteiger partial charge in [0.15, 0.2) is 0 Å². The van der Waals surface area contributed by atoms with Crippen LogP contribution >= 0.6 is 0 Å². The third kappa shape index (κ3) is 5.11. The van der Waals surface area contributed by atoms with E-state index in [9.17, 15) is 14.9 Å². The largest absolute Gasteiger partial charge is 0.444 e. The molecule has 1 aromatic rings. The van der Waals surface area contributed by atoms with E-state index >= 15 is 0 Å². The molecular weight excluding hydrogens is 310 g/mol. The third-order valence-electron chi connectivity index (χ3n) is 3.79. The molecule has 1 aliphatic rings. The quantitative estimate of drug-likeness (QED) is 0.671. The molecule has 0 aromatic heterocycles. The number of non-ortho nitro benzene ring substituents is 1. The zero-order valence-electron chi connectivity index (χ0n) is 14.5. The Hall–Kier alpha value is -2.31. The number of amides is 1. The fraction of sp³-hybridized carbons (Fsp3) is 0.588. The number of nitrogens with one attached hydrogen (secondary N) is 1. The van der Waals surface area contributed by atoms with Crippen LogP contribution in [0.15, 0.2) is 18.2 Å². The Kier molecular flexibility index (Phi) is 5.64. The number of nitro groups is 1. The van der Waals surface area contributed by atoms with Gasteiger partial charge in [-0.05, 0) is 46.1 Å². The van der Waals surface area contributed by atoms with Crippen molar-refractivity contribution in [3.05, 3.63) is 33.9 Å². The molecule has 0 spiro atoms. The van der Waals surface area contributed by atoms with Crippen LogP contribution in [-0.2, 0) is 11.3 Å². The summed E-state index contributed by atoms with van der Waals surface area (Å²) in [4.78, 5) is 24.7. The molecule has 0 unspecified atom stereocenters. The maximum Gasteiger partial charge on any atom is 0.407 e. The summed E-state index contributed by atoms with van der Waals surface area (Å²) in [5.74, 6) is 0. The predicted octanol–water partition coefficient (Wildman–Crippen LogP) is 3.61. The average Bonchev–Trinajstić information content (AvgIpc) is 2.52. The van der Waals surface area contributed by atoms with E-state index in [0.29, 0.717) is 0 Å². The SMILES string of the molecule is CC(C)(C)OC(=O)NCc1cc([N+](=O)[O-])ccc1N1CCCCC1. The van der Waals surface area contributed by atoms with Crippen LogP contribution in [0.2, 0.25) is 0 Å². The van der Waals surface area contributed by atoms with Crippen LogP contribution in [0.3, 0.4) is 0 Å². The molecule has 24 heavy (non-hydrogen) atoms. The summed E-state index contributed by atoms with van der Waals surface area (Å²) in [6.45, 7) is 7.42. The molecule has 0 bridgehead atoms. The predicted molar refractivity (Wildman–Crippen MR) is 92.2 cm³/mol. The molecule has 2 rings (SSSR count). The first-order valence-corrected chi connectivity index (χ1v) is 8.25. The molecule has 1 aliphatic heterocycles. The van der Waals surface area contributed by atoms with Gasteiger partial charge in [-0.3, -0.25) is 10.1 Å². The van der Waals surface area contributed by atoms with Crippen molar-refractivity contribution in [2.75, 3.05) is 18.0 Å². The maximum absolute atomic E-state index is 11.9. The molecule has 7 heteroatoms. The van der Waals surface area contributed by atoms with Gasteiger partial charge in [0.05, 0.1) is 4.92 Å². The van der Waals surface area contributed by atoms with Crippen molar-refractivity contribution >= 4 is 17.5 Å². The topological polar surface area (TPSA) is 84.7 Å². The van der Waals surface area contributed by atoms with E-state index in [4.69, 9.17) is 4.74 Å². The van der Waals surface area contributed by atoms with Crippen molar-refractivity contribution < 1.29 is 14.5 Å². The molecule has 7 nitrogen and oxygen atoms in total. The maximum atomic E-state index is 11.9. The van der Waals surface area contributed by atoms with Crippen molar-refractivity contribution in [1.29, 1.82) is 0 Å². The summed E-state index contributed by atoms with van der Waals surface area (Å²) in [6.07, 6.45) is 2.89. The summed E-state index contributed by atoms with van der Waals surface area (Å²) in [5, 5.41) is 13.7. The minimum atomic E-state index is -0.581. The van der Waals surface area contributed by atoms with Crippen LogP contribution in [0, 0.1) is 10.1 Å². The number of piperidine rings is 1. The highest BCUT2D eigenvalue weighted by atomic mass is 16.6. The monoisotopic (exact) mass is 335 g/mol. The lowest BCUT2D eigenvalue weighted by Gasteiger charge is -2.30. The van der Waals surface area contributed by atoms with Crippen LogP contribution in [-0.4, -0.2) is 29.7 Å². The molecule has 1 saturated heterocycles. The lowest BCUT2D eigenvalue weighted by molar-refractivity contribution is -0.384. The summed E-state index contributed by atoms with van der Waals surface area (Å²) < 4.78 is 5.22. The van der Waals surface area contributed by atoms with E-state index in [-0.39, 0.29) is 12.2 Å². The van der Waals surface area contributed by atoms with Crippen molar-refractivity contribution in [2.24, 2.45) is 0 Å². The molecule has 0 atom stereocenters. The van der Waals surface area contributed by atoms with Gasteiger partial charge in [-0.1, -0.05) is 0 Å². The van der Waals surface area contributed by atoms with Gasteiger partial charge >= 0.3 is 6.09 Å². The zero-order chi connectivity index (χ0) is 17.7. The molecule has 1 aromatic carbocycles. The van der Waals surface area contributed by atoms with Crippen molar-refractivity contribution in [2.45, 2.75) is 52.2 Å². The first-order chi connectivity index (χ1) is 11.3. The van der Waals surface area contributed by atoms with Gasteiger partial charge in [0.25, 0.3) is 5.69 Å². The van der Waals surface area contributed by atoms with Crippen molar-refractivity contribution in [3.63, 3.8) is 0 Å². The number of carbonyl (C=O) groups excluding carboxylic acids is 1. The number of alkyl carbamates (subject to hydrolysis) is 1. The zero-order valence-corrected chi connectivity index (χ0v) is 14.5. The normalized spacial score (nSPS) is 15.0. The minimum absolute atomic E-state index is 0.0248. The number of anilines is 1. The number of nitrogens with zero attached hydrogens (tertiary/aromatic N) is 2. The van der Waals surface area contributed by atoms with E-state index < -0.39 is 16.6 Å². The summed E-state index contributed by atoms with van der Waals surface area (Å²) in [6, 6.07) is 4.82. The van der Waals surface area contributed by atoms with Crippen LogP contribution in [0.25, 0.3) is 0 Å². The lowest BCUT2D eigenvalue weighted by atomic mass is 10.1. The molecule has 1 fully saturated rings. The second kappa shape index (κ2) is 7.51. The highest BCUT2D eigenvalue weighted by Gasteiger charge is 2.20. The van der Waals surface area contributed by atoms with Gasteiger partial charge in [0.2, 0.25) is 0 Å². The Balaban J connectivity index is 2.16. The average molecular weight is 335 g/mol. The van der Waals surface area contributed by atoms with Crippen LogP contribution in [0.5, 0.6) is 0 Å². The fourth-order valence-corrected chi connectivity index (χ4v) is 2.75. The second-order valence-corrected chi connectivity index (χ2v) is 6.97. The Labute approximate surface area is 142 Å². The number of benzene rings is 1. The van der Waals surface area contributed by atoms with Crippen LogP contribution in [0.1, 0.15) is 45.6 Å². The number of rotatable bonds is 4. The standard InChI is InChI=1S/C17H25N3O4/c1-17(2,3)24-16(21)18-12-13-11-14(20(22)23)7-8-15(13)19-9-5-4-6-10-19/h7-8,11H,4-6,9-10,12H2,1-3H3,(H,18,21). The molecule has 1 heterocycles. The lowest BCUT2D eigenvalue weighted by Crippen LogP contribution is -2.34. The highest BCUT2D eigenvalue weighted by molar-refractivity contribution is 5.68. The molecule has 132 valence electrons. The van der Waals surface area contributed by atoms with E-state index in [1.165, 1.54) is 18.6 Å². The van der Waals surface area contributed by atoms with Crippen LogP contribution in [0.4, 0.5) is 16.2 Å². The number of hydrogen-bond acceptors (Lipinski definition) is 5. The summed E-state index contributed by atoms with van der Waals surface area (Å²) in [5.41, 5.74) is 1.12. The van der Waals surface area contributed by atoms with Gasteiger partial charge in [-0.15, -0.1) is 0 Å². The Bertz CT molecular complexity index is 604. The molecule has 1 amide bonds. The molecular formula is C17H25N3O4. The van der Waals surface area contributed by atoms with Gasteiger partial charge in [0.1, 0.15) is 5.60 Å². The smallest absolute Gasteiger partial charge is 0.407 e. The molecule has 0 aliphatic carbocycles. The van der Waals surface area contributed by atoms with Gasteiger partial charge in [0, 0.05) is 43.0 Å². The highest BCUT2D eigenvalue weighted by Crippen LogP contribution is 2.28. The second-order valence-electron chi connectivity index (χ2n) is 6.97. The number of hydrogen-bond donors (Lipinski definition) is 1. The Morgan fingerprint density at radius 2 is 1.96 bits per heavy atom. The number of ether oxygens (including phenoxy) is 1. The third-order valence-corrected chi connectivity index (χ3v) is 3.79. The van der Waals surface area contributed by atoms with Gasteiger partial charge in [-0.25, -0.2) is 4.79 Å². The van der Waals surface area contributed by atoms with Crippen molar-refractivity contribution in [3.8, 4) is 0 Å². The minimum Gasteiger partial charge on any atom is -0.444 e. The first kappa shape index (κ1) is 18.0. The van der Waals surface area contributed by atoms with E-state index in [0.717, 1.165) is 37.2 Å². The van der Waals surface area contributed by atoms with Crippen molar-refractivity contribution in [1.82, 2.24) is 5.32 Å². The summed E-state index contributed by atoms with van der Waals surface area (Å²) >= 11 is 0. The number of carbonyl (C=O) groups is 1. The Morgan fingerprint density at radius 1 is 1.29 bits per heavy atom. The van der Waals surface area contributed by atoms with Gasteiger partial charge in [-0.2, -0.15) is 0 Å². The number of nitro benzene ring substituents is 1. The molecule has 0 saturated carbocycles.